The van der Waals surface area contributed by atoms with E-state index in [1.54, 1.807) is 14.0 Å². The van der Waals surface area contributed by atoms with Gasteiger partial charge in [-0.3, -0.25) is 9.48 Å². The van der Waals surface area contributed by atoms with E-state index in [0.29, 0.717) is 16.7 Å². The molecule has 9 heteroatoms. The first-order valence-electron chi connectivity index (χ1n) is 6.42. The fraction of sp³-hybridized carbons (Fsp3) is 0.214. The van der Waals surface area contributed by atoms with Crippen molar-refractivity contribution in [2.75, 3.05) is 4.90 Å². The maximum absolute atomic E-state index is 12.8. The van der Waals surface area contributed by atoms with Crippen molar-refractivity contribution in [3.05, 3.63) is 47.3 Å². The minimum atomic E-state index is -4.60. The number of aromatic nitrogens is 2. The Morgan fingerprint density at radius 3 is 2.43 bits per heavy atom. The largest absolute Gasteiger partial charge is 0.416 e. The standard InChI is InChI=1S/C14H13F3N4O2/c1-8-11(7-20(2)19-8)12(22)21(13(18)23)10-5-3-4-9(6-10)14(15,16)17/h3-7H,1-2H3,(H2,18,23). The summed E-state index contributed by atoms with van der Waals surface area (Å²) in [6.07, 6.45) is -3.24. The number of amides is 3. The van der Waals surface area contributed by atoms with Gasteiger partial charge in [0.05, 0.1) is 22.5 Å². The predicted octanol–water partition coefficient (Wildman–Crippen LogP) is 2.47. The van der Waals surface area contributed by atoms with Crippen molar-refractivity contribution in [1.29, 1.82) is 0 Å². The van der Waals surface area contributed by atoms with Gasteiger partial charge >= 0.3 is 12.2 Å². The molecule has 0 aliphatic carbocycles. The molecule has 0 spiro atoms. The number of hydrogen-bond acceptors (Lipinski definition) is 3. The molecule has 23 heavy (non-hydrogen) atoms. The first kappa shape index (κ1) is 16.5. The Morgan fingerprint density at radius 1 is 1.30 bits per heavy atom. The van der Waals surface area contributed by atoms with Crippen molar-refractivity contribution in [2.45, 2.75) is 13.1 Å². The lowest BCUT2D eigenvalue weighted by Gasteiger charge is -2.19. The Balaban J connectivity index is 2.49. The number of halogens is 3. The molecule has 0 saturated carbocycles. The molecule has 1 heterocycles. The van der Waals surface area contributed by atoms with E-state index in [1.807, 2.05) is 0 Å². The van der Waals surface area contributed by atoms with Crippen LogP contribution in [-0.4, -0.2) is 21.7 Å². The molecule has 2 aromatic rings. The van der Waals surface area contributed by atoms with Crippen LogP contribution < -0.4 is 10.6 Å². The highest BCUT2D eigenvalue weighted by molar-refractivity contribution is 6.20. The number of nitrogens with two attached hydrogens (primary N) is 1. The molecule has 0 unspecified atom stereocenters. The van der Waals surface area contributed by atoms with Gasteiger partial charge in [-0.05, 0) is 25.1 Å². The molecule has 0 saturated heterocycles. The van der Waals surface area contributed by atoms with Gasteiger partial charge in [-0.25, -0.2) is 9.69 Å². The lowest BCUT2D eigenvalue weighted by Crippen LogP contribution is -2.41. The number of imide groups is 1. The van der Waals surface area contributed by atoms with Crippen LogP contribution in [0.2, 0.25) is 0 Å². The van der Waals surface area contributed by atoms with Crippen molar-refractivity contribution >= 4 is 17.6 Å². The van der Waals surface area contributed by atoms with Gasteiger partial charge in [-0.2, -0.15) is 18.3 Å². The van der Waals surface area contributed by atoms with Gasteiger partial charge in [0.15, 0.2) is 0 Å². The molecular weight excluding hydrogens is 313 g/mol. The minimum absolute atomic E-state index is 0.0729. The molecule has 0 aliphatic heterocycles. The summed E-state index contributed by atoms with van der Waals surface area (Å²) < 4.78 is 39.7. The molecule has 1 aromatic heterocycles. The number of aryl methyl sites for hydroxylation is 2. The highest BCUT2D eigenvalue weighted by Gasteiger charge is 2.32. The number of carbonyl (C=O) groups is 2. The molecule has 2 N–H and O–H groups in total. The zero-order valence-electron chi connectivity index (χ0n) is 12.3. The topological polar surface area (TPSA) is 81.2 Å². The summed E-state index contributed by atoms with van der Waals surface area (Å²) in [5.74, 6) is -0.845. The fourth-order valence-corrected chi connectivity index (χ4v) is 2.10. The summed E-state index contributed by atoms with van der Waals surface area (Å²) in [7, 11) is 1.57. The van der Waals surface area contributed by atoms with Crippen molar-refractivity contribution in [2.24, 2.45) is 12.8 Å². The molecule has 0 aliphatic rings. The van der Waals surface area contributed by atoms with Crippen LogP contribution in [0.4, 0.5) is 23.7 Å². The molecule has 0 fully saturated rings. The molecule has 1 aromatic carbocycles. The Bertz CT molecular complexity index is 768. The van der Waals surface area contributed by atoms with Gasteiger partial charge in [0.1, 0.15) is 0 Å². The van der Waals surface area contributed by atoms with E-state index < -0.39 is 23.7 Å². The number of hydrogen-bond donors (Lipinski definition) is 1. The van der Waals surface area contributed by atoms with Gasteiger partial charge in [0.2, 0.25) is 0 Å². The average molecular weight is 326 g/mol. The van der Waals surface area contributed by atoms with Crippen molar-refractivity contribution in [1.82, 2.24) is 9.78 Å². The lowest BCUT2D eigenvalue weighted by atomic mass is 10.1. The number of primary amides is 1. The van der Waals surface area contributed by atoms with E-state index in [0.717, 1.165) is 12.1 Å². The Morgan fingerprint density at radius 2 is 1.96 bits per heavy atom. The summed E-state index contributed by atoms with van der Waals surface area (Å²) in [6, 6.07) is 2.63. The van der Waals surface area contributed by atoms with E-state index >= 15 is 0 Å². The molecule has 0 bridgehead atoms. The van der Waals surface area contributed by atoms with Crippen molar-refractivity contribution < 1.29 is 22.8 Å². The second kappa shape index (κ2) is 5.75. The third-order valence-electron chi connectivity index (χ3n) is 3.10. The molecule has 0 radical (unpaired) electrons. The Hall–Kier alpha value is -2.84. The summed E-state index contributed by atoms with van der Waals surface area (Å²) in [6.45, 7) is 1.54. The van der Waals surface area contributed by atoms with Crippen molar-refractivity contribution in [3.63, 3.8) is 0 Å². The normalized spacial score (nSPS) is 11.3. The molecule has 2 rings (SSSR count). The van der Waals surface area contributed by atoms with Crippen LogP contribution in [0.5, 0.6) is 0 Å². The highest BCUT2D eigenvalue weighted by Crippen LogP contribution is 2.32. The van der Waals surface area contributed by atoms with Crippen molar-refractivity contribution in [3.8, 4) is 0 Å². The maximum Gasteiger partial charge on any atom is 0.416 e. The third kappa shape index (κ3) is 3.33. The second-order valence-corrected chi connectivity index (χ2v) is 4.83. The van der Waals surface area contributed by atoms with Crippen LogP contribution >= 0.6 is 0 Å². The average Bonchev–Trinajstić information content (AvgIpc) is 2.77. The number of alkyl halides is 3. The summed E-state index contributed by atoms with van der Waals surface area (Å²) in [5.41, 5.74) is 4.33. The lowest BCUT2D eigenvalue weighted by molar-refractivity contribution is -0.137. The highest BCUT2D eigenvalue weighted by atomic mass is 19.4. The Kier molecular flexibility index (Phi) is 4.13. The van der Waals surface area contributed by atoms with Gasteiger partial charge < -0.3 is 5.73 Å². The molecular formula is C14H13F3N4O2. The summed E-state index contributed by atoms with van der Waals surface area (Å²) >= 11 is 0. The molecule has 0 atom stereocenters. The molecule has 6 nitrogen and oxygen atoms in total. The van der Waals surface area contributed by atoms with Crippen LogP contribution in [-0.2, 0) is 13.2 Å². The number of anilines is 1. The summed E-state index contributed by atoms with van der Waals surface area (Å²) in [4.78, 5) is 24.6. The van der Waals surface area contributed by atoms with E-state index in [9.17, 15) is 22.8 Å². The fourth-order valence-electron chi connectivity index (χ4n) is 2.10. The van der Waals surface area contributed by atoms with E-state index in [1.165, 1.54) is 16.9 Å². The van der Waals surface area contributed by atoms with Crippen LogP contribution in [0.1, 0.15) is 21.6 Å². The predicted molar refractivity (Wildman–Crippen MR) is 75.8 cm³/mol. The van der Waals surface area contributed by atoms with E-state index in [2.05, 4.69) is 5.10 Å². The van der Waals surface area contributed by atoms with Gasteiger partial charge in [0, 0.05) is 13.2 Å². The summed E-state index contributed by atoms with van der Waals surface area (Å²) in [5, 5.41) is 3.96. The first-order valence-corrected chi connectivity index (χ1v) is 6.42. The zero-order chi connectivity index (χ0) is 17.4. The first-order chi connectivity index (χ1) is 10.6. The van der Waals surface area contributed by atoms with E-state index in [4.69, 9.17) is 5.73 Å². The molecule has 122 valence electrons. The second-order valence-electron chi connectivity index (χ2n) is 4.83. The van der Waals surface area contributed by atoms with Crippen LogP contribution in [0.15, 0.2) is 30.5 Å². The number of carbonyl (C=O) groups excluding carboxylic acids is 2. The van der Waals surface area contributed by atoms with E-state index in [-0.39, 0.29) is 11.3 Å². The van der Waals surface area contributed by atoms with Crippen LogP contribution in [0.3, 0.4) is 0 Å². The number of urea groups is 1. The van der Waals surface area contributed by atoms with Crippen LogP contribution in [0.25, 0.3) is 0 Å². The quantitative estimate of drug-likeness (QED) is 0.920. The zero-order valence-corrected chi connectivity index (χ0v) is 12.3. The van der Waals surface area contributed by atoms with Gasteiger partial charge in [-0.1, -0.05) is 6.07 Å². The minimum Gasteiger partial charge on any atom is -0.351 e. The number of rotatable bonds is 2. The third-order valence-corrected chi connectivity index (χ3v) is 3.10. The number of nitrogens with zero attached hydrogens (tertiary/aromatic N) is 3. The molecule has 3 amide bonds. The van der Waals surface area contributed by atoms with Gasteiger partial charge in [0.25, 0.3) is 5.91 Å². The monoisotopic (exact) mass is 326 g/mol. The van der Waals surface area contributed by atoms with Gasteiger partial charge in [-0.15, -0.1) is 0 Å². The maximum atomic E-state index is 12.8. The SMILES string of the molecule is Cc1nn(C)cc1C(=O)N(C(N)=O)c1cccc(C(F)(F)F)c1. The number of benzene rings is 1. The van der Waals surface area contributed by atoms with Crippen LogP contribution in [0, 0.1) is 6.92 Å². The smallest absolute Gasteiger partial charge is 0.351 e. The Labute approximate surface area is 129 Å².